The predicted molar refractivity (Wildman–Crippen MR) is 83.2 cm³/mol. The molecule has 6 heteroatoms. The lowest BCUT2D eigenvalue weighted by molar-refractivity contribution is 0.0998. The zero-order valence-corrected chi connectivity index (χ0v) is 12.4. The van der Waals surface area contributed by atoms with Crippen LogP contribution in [0.25, 0.3) is 6.08 Å². The molecule has 0 spiro atoms. The van der Waals surface area contributed by atoms with Crippen LogP contribution < -0.4 is 11.1 Å². The molecule has 1 aliphatic rings. The van der Waals surface area contributed by atoms with Crippen molar-refractivity contribution in [1.82, 2.24) is 15.1 Å². The SMILES string of the molecule is NC(=O)c1cnn2c1CC(CNC/C=C/c1ccco1)CC2. The Bertz CT molecular complexity index is 658. The van der Waals surface area contributed by atoms with Crippen LogP contribution in [0, 0.1) is 5.92 Å². The summed E-state index contributed by atoms with van der Waals surface area (Å²) in [6.45, 7) is 2.54. The number of nitrogens with zero attached hydrogens (tertiary/aromatic N) is 2. The largest absolute Gasteiger partial charge is 0.465 e. The molecular weight excluding hydrogens is 280 g/mol. The maximum absolute atomic E-state index is 11.4. The molecule has 22 heavy (non-hydrogen) atoms. The summed E-state index contributed by atoms with van der Waals surface area (Å²) in [6.07, 6.45) is 9.14. The zero-order valence-electron chi connectivity index (χ0n) is 12.4. The molecule has 1 amide bonds. The predicted octanol–water partition coefficient (Wildman–Crippen LogP) is 1.44. The fourth-order valence-corrected chi connectivity index (χ4v) is 2.81. The number of amides is 1. The van der Waals surface area contributed by atoms with E-state index in [1.807, 2.05) is 29.0 Å². The third kappa shape index (κ3) is 3.28. The van der Waals surface area contributed by atoms with Gasteiger partial charge in [0, 0.05) is 13.1 Å². The van der Waals surface area contributed by atoms with E-state index in [1.54, 1.807) is 12.5 Å². The first-order chi connectivity index (χ1) is 10.7. The molecule has 3 heterocycles. The molecule has 1 atom stereocenters. The number of hydrogen-bond acceptors (Lipinski definition) is 4. The van der Waals surface area contributed by atoms with Gasteiger partial charge in [-0.2, -0.15) is 5.10 Å². The molecular formula is C16H20N4O2. The van der Waals surface area contributed by atoms with Gasteiger partial charge in [-0.3, -0.25) is 9.48 Å². The summed E-state index contributed by atoms with van der Waals surface area (Å²) in [4.78, 5) is 11.4. The molecule has 0 radical (unpaired) electrons. The second-order valence-electron chi connectivity index (χ2n) is 5.53. The third-order valence-corrected chi connectivity index (χ3v) is 3.97. The number of rotatable bonds is 6. The summed E-state index contributed by atoms with van der Waals surface area (Å²) >= 11 is 0. The van der Waals surface area contributed by atoms with Crippen LogP contribution in [0.2, 0.25) is 0 Å². The molecule has 1 unspecified atom stereocenters. The number of carbonyl (C=O) groups is 1. The lowest BCUT2D eigenvalue weighted by atomic mass is 9.94. The van der Waals surface area contributed by atoms with E-state index in [2.05, 4.69) is 10.4 Å². The minimum Gasteiger partial charge on any atom is -0.465 e. The van der Waals surface area contributed by atoms with Crippen LogP contribution in [0.1, 0.15) is 28.2 Å². The highest BCUT2D eigenvalue weighted by atomic mass is 16.3. The van der Waals surface area contributed by atoms with E-state index in [0.717, 1.165) is 43.9 Å². The van der Waals surface area contributed by atoms with Crippen LogP contribution in [0.5, 0.6) is 0 Å². The van der Waals surface area contributed by atoms with Gasteiger partial charge in [0.05, 0.1) is 23.7 Å². The fraction of sp³-hybridized carbons (Fsp3) is 0.375. The monoisotopic (exact) mass is 300 g/mol. The lowest BCUT2D eigenvalue weighted by Crippen LogP contribution is -2.30. The van der Waals surface area contributed by atoms with E-state index >= 15 is 0 Å². The van der Waals surface area contributed by atoms with Crippen molar-refractivity contribution in [3.05, 3.63) is 47.7 Å². The van der Waals surface area contributed by atoms with Gasteiger partial charge in [0.1, 0.15) is 5.76 Å². The van der Waals surface area contributed by atoms with Crippen LogP contribution in [0.15, 0.2) is 35.1 Å². The molecule has 3 rings (SSSR count). The first-order valence-corrected chi connectivity index (χ1v) is 7.49. The second kappa shape index (κ2) is 6.62. The fourth-order valence-electron chi connectivity index (χ4n) is 2.81. The van der Waals surface area contributed by atoms with Gasteiger partial charge in [-0.1, -0.05) is 6.08 Å². The van der Waals surface area contributed by atoms with Gasteiger partial charge in [-0.25, -0.2) is 0 Å². The van der Waals surface area contributed by atoms with Gasteiger partial charge < -0.3 is 15.5 Å². The van der Waals surface area contributed by atoms with E-state index in [1.165, 1.54) is 0 Å². The Labute approximate surface area is 129 Å². The van der Waals surface area contributed by atoms with Gasteiger partial charge in [-0.15, -0.1) is 0 Å². The van der Waals surface area contributed by atoms with Gasteiger partial charge in [0.15, 0.2) is 0 Å². The number of fused-ring (bicyclic) bond motifs is 1. The second-order valence-corrected chi connectivity index (χ2v) is 5.53. The van der Waals surface area contributed by atoms with Crippen LogP contribution in [-0.4, -0.2) is 28.8 Å². The highest BCUT2D eigenvalue weighted by Gasteiger charge is 2.23. The molecule has 0 fully saturated rings. The Morgan fingerprint density at radius 1 is 1.59 bits per heavy atom. The van der Waals surface area contributed by atoms with Crippen molar-refractivity contribution in [2.45, 2.75) is 19.4 Å². The average molecular weight is 300 g/mol. The molecule has 0 aliphatic carbocycles. The Kier molecular flexibility index (Phi) is 4.39. The van der Waals surface area contributed by atoms with Gasteiger partial charge in [0.2, 0.25) is 0 Å². The van der Waals surface area contributed by atoms with Crippen LogP contribution in [-0.2, 0) is 13.0 Å². The summed E-state index contributed by atoms with van der Waals surface area (Å²) in [5, 5.41) is 7.64. The Balaban J connectivity index is 1.48. The normalized spacial score (nSPS) is 17.7. The summed E-state index contributed by atoms with van der Waals surface area (Å²) in [6, 6.07) is 3.79. The highest BCUT2D eigenvalue weighted by Crippen LogP contribution is 2.22. The summed E-state index contributed by atoms with van der Waals surface area (Å²) in [7, 11) is 0. The molecule has 3 N–H and O–H groups in total. The van der Waals surface area contributed by atoms with Gasteiger partial charge >= 0.3 is 0 Å². The summed E-state index contributed by atoms with van der Waals surface area (Å²) in [5.74, 6) is 0.963. The quantitative estimate of drug-likeness (QED) is 0.790. The molecule has 1 aliphatic heterocycles. The van der Waals surface area contributed by atoms with Crippen molar-refractivity contribution >= 4 is 12.0 Å². The number of aryl methyl sites for hydroxylation is 1. The number of nitrogens with two attached hydrogens (primary N) is 1. The van der Waals surface area contributed by atoms with E-state index < -0.39 is 5.91 Å². The minimum absolute atomic E-state index is 0.392. The van der Waals surface area contributed by atoms with Crippen molar-refractivity contribution in [1.29, 1.82) is 0 Å². The van der Waals surface area contributed by atoms with Crippen molar-refractivity contribution < 1.29 is 9.21 Å². The Morgan fingerprint density at radius 3 is 3.27 bits per heavy atom. The maximum atomic E-state index is 11.4. The third-order valence-electron chi connectivity index (χ3n) is 3.97. The minimum atomic E-state index is -0.392. The lowest BCUT2D eigenvalue weighted by Gasteiger charge is -2.24. The molecule has 0 saturated heterocycles. The number of furan rings is 1. The molecule has 116 valence electrons. The molecule has 2 aromatic rings. The van der Waals surface area contributed by atoms with E-state index in [4.69, 9.17) is 10.2 Å². The number of carbonyl (C=O) groups excluding carboxylic acids is 1. The molecule has 0 bridgehead atoms. The smallest absolute Gasteiger partial charge is 0.252 e. The number of nitrogens with one attached hydrogen (secondary N) is 1. The van der Waals surface area contributed by atoms with Crippen molar-refractivity contribution in [3.8, 4) is 0 Å². The molecule has 0 aromatic carbocycles. The number of hydrogen-bond donors (Lipinski definition) is 2. The van der Waals surface area contributed by atoms with E-state index in [9.17, 15) is 4.79 Å². The van der Waals surface area contributed by atoms with Crippen molar-refractivity contribution in [2.24, 2.45) is 11.7 Å². The van der Waals surface area contributed by atoms with Crippen LogP contribution >= 0.6 is 0 Å². The summed E-state index contributed by atoms with van der Waals surface area (Å²) < 4.78 is 7.12. The van der Waals surface area contributed by atoms with E-state index in [-0.39, 0.29) is 0 Å². The van der Waals surface area contributed by atoms with Crippen LogP contribution in [0.4, 0.5) is 0 Å². The average Bonchev–Trinajstić information content (AvgIpc) is 3.15. The summed E-state index contributed by atoms with van der Waals surface area (Å²) in [5.41, 5.74) is 6.91. The topological polar surface area (TPSA) is 86.1 Å². The maximum Gasteiger partial charge on any atom is 0.252 e. The van der Waals surface area contributed by atoms with E-state index in [0.29, 0.717) is 11.5 Å². The van der Waals surface area contributed by atoms with Gasteiger partial charge in [0.25, 0.3) is 5.91 Å². The zero-order chi connectivity index (χ0) is 15.4. The first kappa shape index (κ1) is 14.6. The molecule has 0 saturated carbocycles. The van der Waals surface area contributed by atoms with Crippen molar-refractivity contribution in [2.75, 3.05) is 13.1 Å². The molecule has 6 nitrogen and oxygen atoms in total. The number of aromatic nitrogens is 2. The van der Waals surface area contributed by atoms with Crippen molar-refractivity contribution in [3.63, 3.8) is 0 Å². The van der Waals surface area contributed by atoms with Gasteiger partial charge in [-0.05, 0) is 43.5 Å². The standard InChI is InChI=1S/C16H20N4O2/c17-16(21)14-11-19-20-7-5-12(9-15(14)20)10-18-6-1-3-13-4-2-8-22-13/h1-4,8,11-12,18H,5-7,9-10H2,(H2,17,21)/b3-1+. The molecule has 2 aromatic heterocycles. The Hall–Kier alpha value is -2.34. The Morgan fingerprint density at radius 2 is 2.50 bits per heavy atom. The highest BCUT2D eigenvalue weighted by molar-refractivity contribution is 5.93. The first-order valence-electron chi connectivity index (χ1n) is 7.49. The van der Waals surface area contributed by atoms with Crippen LogP contribution in [0.3, 0.4) is 0 Å². The number of primary amides is 1.